The van der Waals surface area contributed by atoms with Gasteiger partial charge in [0, 0.05) is 21.8 Å². The maximum absolute atomic E-state index is 5.89. The zero-order chi connectivity index (χ0) is 14.7. The van der Waals surface area contributed by atoms with Gasteiger partial charge in [-0.25, -0.2) is 0 Å². The van der Waals surface area contributed by atoms with Crippen molar-refractivity contribution in [2.45, 2.75) is 20.5 Å². The maximum Gasteiger partial charge on any atom is 0.133 e. The molecule has 0 fully saturated rings. The van der Waals surface area contributed by atoms with Crippen LogP contribution in [0.3, 0.4) is 0 Å². The van der Waals surface area contributed by atoms with Crippen LogP contribution in [-0.2, 0) is 6.61 Å². The lowest BCUT2D eigenvalue weighted by atomic mass is 10.1. The van der Waals surface area contributed by atoms with E-state index in [1.165, 1.54) is 0 Å². The summed E-state index contributed by atoms with van der Waals surface area (Å²) in [5, 5.41) is 0. The number of benzene rings is 1. The Bertz CT molecular complexity index is 658. The summed E-state index contributed by atoms with van der Waals surface area (Å²) in [4.78, 5) is 4.67. The van der Waals surface area contributed by atoms with Crippen LogP contribution >= 0.6 is 28.1 Å². The standard InChI is InChI=1S/C15H15BrN2OS/c1-9-7-13(14(15(17)20)10(2)18-9)19-8-11-5-3-4-6-12(11)16/h3-7H,8H2,1-2H3,(H2,17,20). The molecule has 104 valence electrons. The smallest absolute Gasteiger partial charge is 0.133 e. The summed E-state index contributed by atoms with van der Waals surface area (Å²) in [6.07, 6.45) is 0. The van der Waals surface area contributed by atoms with Crippen LogP contribution in [0.25, 0.3) is 0 Å². The third-order valence-electron chi connectivity index (χ3n) is 2.88. The van der Waals surface area contributed by atoms with Gasteiger partial charge >= 0.3 is 0 Å². The molecule has 20 heavy (non-hydrogen) atoms. The quantitative estimate of drug-likeness (QED) is 0.854. The van der Waals surface area contributed by atoms with E-state index in [0.717, 1.165) is 21.4 Å². The van der Waals surface area contributed by atoms with E-state index >= 15 is 0 Å². The van der Waals surface area contributed by atoms with E-state index in [0.29, 0.717) is 22.9 Å². The number of ether oxygens (including phenoxy) is 1. The van der Waals surface area contributed by atoms with Gasteiger partial charge in [-0.15, -0.1) is 0 Å². The number of hydrogen-bond donors (Lipinski definition) is 1. The molecule has 5 heteroatoms. The second-order valence-electron chi connectivity index (χ2n) is 4.47. The number of halogens is 1. The molecule has 0 saturated carbocycles. The first-order valence-corrected chi connectivity index (χ1v) is 7.33. The molecule has 3 nitrogen and oxygen atoms in total. The topological polar surface area (TPSA) is 48.1 Å². The fourth-order valence-electron chi connectivity index (χ4n) is 1.98. The van der Waals surface area contributed by atoms with Crippen molar-refractivity contribution in [3.63, 3.8) is 0 Å². The second kappa shape index (κ2) is 6.33. The summed E-state index contributed by atoms with van der Waals surface area (Å²) in [5.41, 5.74) is 9.21. The molecule has 0 aliphatic heterocycles. The van der Waals surface area contributed by atoms with Crippen molar-refractivity contribution in [2.24, 2.45) is 5.73 Å². The van der Waals surface area contributed by atoms with Crippen LogP contribution < -0.4 is 10.5 Å². The van der Waals surface area contributed by atoms with Crippen molar-refractivity contribution in [2.75, 3.05) is 0 Å². The predicted octanol–water partition coefficient (Wildman–Crippen LogP) is 3.67. The Labute approximate surface area is 132 Å². The molecule has 0 unspecified atom stereocenters. The highest BCUT2D eigenvalue weighted by atomic mass is 79.9. The monoisotopic (exact) mass is 350 g/mol. The lowest BCUT2D eigenvalue weighted by Crippen LogP contribution is -2.15. The van der Waals surface area contributed by atoms with E-state index < -0.39 is 0 Å². The first kappa shape index (κ1) is 14.9. The number of nitrogens with zero attached hydrogens (tertiary/aromatic N) is 1. The van der Waals surface area contributed by atoms with Gasteiger partial charge in [-0.05, 0) is 19.9 Å². The van der Waals surface area contributed by atoms with Crippen molar-refractivity contribution >= 4 is 33.1 Å². The van der Waals surface area contributed by atoms with Crippen molar-refractivity contribution in [3.8, 4) is 5.75 Å². The molecule has 2 N–H and O–H groups in total. The average Bonchev–Trinajstić information content (AvgIpc) is 2.36. The van der Waals surface area contributed by atoms with Gasteiger partial charge in [-0.2, -0.15) is 0 Å². The molecule has 0 aliphatic carbocycles. The third-order valence-corrected chi connectivity index (χ3v) is 3.86. The Kier molecular flexibility index (Phi) is 4.73. The normalized spacial score (nSPS) is 10.3. The lowest BCUT2D eigenvalue weighted by molar-refractivity contribution is 0.304. The maximum atomic E-state index is 5.89. The van der Waals surface area contributed by atoms with E-state index in [-0.39, 0.29) is 0 Å². The third kappa shape index (κ3) is 3.35. The largest absolute Gasteiger partial charge is 0.488 e. The molecule has 0 atom stereocenters. The molecule has 0 saturated heterocycles. The van der Waals surface area contributed by atoms with E-state index in [4.69, 9.17) is 22.7 Å². The fourth-order valence-corrected chi connectivity index (χ4v) is 2.62. The van der Waals surface area contributed by atoms with E-state index in [9.17, 15) is 0 Å². The minimum absolute atomic E-state index is 0.303. The summed E-state index contributed by atoms with van der Waals surface area (Å²) in [5.74, 6) is 0.679. The molecule has 0 bridgehead atoms. The summed E-state index contributed by atoms with van der Waals surface area (Å²) in [7, 11) is 0. The molecule has 0 aliphatic rings. The zero-order valence-corrected chi connectivity index (χ0v) is 13.7. The summed E-state index contributed by atoms with van der Waals surface area (Å²) >= 11 is 8.59. The van der Waals surface area contributed by atoms with E-state index in [1.807, 2.05) is 44.2 Å². The number of pyridine rings is 1. The molecule has 1 aromatic heterocycles. The van der Waals surface area contributed by atoms with Crippen LogP contribution in [0.4, 0.5) is 0 Å². The molecular weight excluding hydrogens is 336 g/mol. The molecule has 1 heterocycles. The number of aromatic nitrogens is 1. The van der Waals surface area contributed by atoms with Crippen LogP contribution in [0, 0.1) is 13.8 Å². The van der Waals surface area contributed by atoms with Crippen molar-refractivity contribution in [1.29, 1.82) is 0 Å². The zero-order valence-electron chi connectivity index (χ0n) is 11.3. The Morgan fingerprint density at radius 1 is 1.35 bits per heavy atom. The van der Waals surface area contributed by atoms with Gasteiger partial charge in [-0.3, -0.25) is 4.98 Å². The second-order valence-corrected chi connectivity index (χ2v) is 5.76. The number of thiocarbonyl (C=S) groups is 1. The van der Waals surface area contributed by atoms with Crippen LogP contribution in [0.1, 0.15) is 22.5 Å². The van der Waals surface area contributed by atoms with E-state index in [2.05, 4.69) is 20.9 Å². The van der Waals surface area contributed by atoms with Crippen LogP contribution in [0.15, 0.2) is 34.8 Å². The van der Waals surface area contributed by atoms with Gasteiger partial charge in [0.25, 0.3) is 0 Å². The number of nitrogens with two attached hydrogens (primary N) is 1. The van der Waals surface area contributed by atoms with E-state index in [1.54, 1.807) is 0 Å². The lowest BCUT2D eigenvalue weighted by Gasteiger charge is -2.14. The molecule has 0 spiro atoms. The van der Waals surface area contributed by atoms with Crippen molar-refractivity contribution in [3.05, 3.63) is 57.3 Å². The minimum Gasteiger partial charge on any atom is -0.488 e. The SMILES string of the molecule is Cc1cc(OCc2ccccc2Br)c(C(N)=S)c(C)n1. The summed E-state index contributed by atoms with van der Waals surface area (Å²) in [6, 6.07) is 9.79. The highest BCUT2D eigenvalue weighted by Crippen LogP contribution is 2.24. The highest BCUT2D eigenvalue weighted by molar-refractivity contribution is 9.10. The van der Waals surface area contributed by atoms with Gasteiger partial charge in [-0.1, -0.05) is 46.3 Å². The Morgan fingerprint density at radius 2 is 2.05 bits per heavy atom. The summed E-state index contributed by atoms with van der Waals surface area (Å²) in [6.45, 7) is 4.24. The van der Waals surface area contributed by atoms with Gasteiger partial charge in [0.2, 0.25) is 0 Å². The number of hydrogen-bond acceptors (Lipinski definition) is 3. The molecular formula is C15H15BrN2OS. The molecule has 2 rings (SSSR count). The number of rotatable bonds is 4. The van der Waals surface area contributed by atoms with Gasteiger partial charge < -0.3 is 10.5 Å². The predicted molar refractivity (Wildman–Crippen MR) is 88.1 cm³/mol. The Hall–Kier alpha value is -1.46. The van der Waals surface area contributed by atoms with Crippen LogP contribution in [0.5, 0.6) is 5.75 Å². The van der Waals surface area contributed by atoms with Crippen molar-refractivity contribution < 1.29 is 4.74 Å². The van der Waals surface area contributed by atoms with Crippen LogP contribution in [0.2, 0.25) is 0 Å². The Morgan fingerprint density at radius 3 is 2.70 bits per heavy atom. The highest BCUT2D eigenvalue weighted by Gasteiger charge is 2.13. The van der Waals surface area contributed by atoms with Gasteiger partial charge in [0.15, 0.2) is 0 Å². The average molecular weight is 351 g/mol. The van der Waals surface area contributed by atoms with Crippen molar-refractivity contribution in [1.82, 2.24) is 4.98 Å². The molecule has 0 amide bonds. The van der Waals surface area contributed by atoms with Crippen LogP contribution in [-0.4, -0.2) is 9.97 Å². The van der Waals surface area contributed by atoms with Gasteiger partial charge in [0.1, 0.15) is 17.3 Å². The first-order valence-electron chi connectivity index (χ1n) is 6.13. The number of aryl methyl sites for hydroxylation is 2. The molecule has 0 radical (unpaired) electrons. The summed E-state index contributed by atoms with van der Waals surface area (Å²) < 4.78 is 6.90. The Balaban J connectivity index is 2.30. The minimum atomic E-state index is 0.303. The first-order chi connectivity index (χ1) is 9.49. The molecule has 1 aromatic carbocycles. The van der Waals surface area contributed by atoms with Gasteiger partial charge in [0.05, 0.1) is 11.3 Å². The fraction of sp³-hybridized carbons (Fsp3) is 0.200. The molecule has 2 aromatic rings.